The second-order valence-corrected chi connectivity index (χ2v) is 5.11. The Kier molecular flexibility index (Phi) is 4.42. The van der Waals surface area contributed by atoms with E-state index in [1.54, 1.807) is 0 Å². The maximum atomic E-state index is 2.34. The Morgan fingerprint density at radius 3 is 1.90 bits per heavy atom. The lowest BCUT2D eigenvalue weighted by Crippen LogP contribution is -2.08. The highest BCUT2D eigenvalue weighted by molar-refractivity contribution is 8.00. The Labute approximate surface area is 69.8 Å². The third kappa shape index (κ3) is 3.50. The van der Waals surface area contributed by atoms with E-state index in [-0.39, 0.29) is 0 Å². The molecule has 0 aromatic rings. The van der Waals surface area contributed by atoms with Crippen LogP contribution in [0.4, 0.5) is 0 Å². The fourth-order valence-corrected chi connectivity index (χ4v) is 2.58. The molecule has 1 heteroatoms. The summed E-state index contributed by atoms with van der Waals surface area (Å²) in [7, 11) is 0. The minimum Gasteiger partial charge on any atom is -0.155 e. The maximum Gasteiger partial charge on any atom is 0.0106 e. The molecule has 10 heavy (non-hydrogen) atoms. The first kappa shape index (κ1) is 10.3. The Bertz CT molecular complexity index is 86.7. The number of rotatable bonds is 0. The molecule has 0 N–H and O–H groups in total. The largest absolute Gasteiger partial charge is 0.155 e. The van der Waals surface area contributed by atoms with Crippen molar-refractivity contribution in [2.75, 3.05) is 5.75 Å². The maximum absolute atomic E-state index is 2.34. The van der Waals surface area contributed by atoms with E-state index in [9.17, 15) is 0 Å². The molecule has 0 radical (unpaired) electrons. The van der Waals surface area contributed by atoms with Gasteiger partial charge in [-0.05, 0) is 18.1 Å². The van der Waals surface area contributed by atoms with Crippen LogP contribution in [0.25, 0.3) is 0 Å². The fraction of sp³-hybridized carbons (Fsp3) is 1.00. The van der Waals surface area contributed by atoms with Crippen molar-refractivity contribution in [3.8, 4) is 0 Å². The molecule has 1 saturated heterocycles. The highest BCUT2D eigenvalue weighted by Crippen LogP contribution is 2.40. The third-order valence-corrected chi connectivity index (χ3v) is 3.28. The molecule has 0 aliphatic carbocycles. The quantitative estimate of drug-likeness (QED) is 0.522. The first-order valence-corrected chi connectivity index (χ1v) is 5.23. The van der Waals surface area contributed by atoms with Gasteiger partial charge in [0.1, 0.15) is 0 Å². The van der Waals surface area contributed by atoms with Gasteiger partial charge >= 0.3 is 0 Å². The molecule has 1 atom stereocenters. The molecule has 1 aliphatic rings. The van der Waals surface area contributed by atoms with Crippen LogP contribution in [0, 0.1) is 5.92 Å². The van der Waals surface area contributed by atoms with Crippen LogP contribution in [-0.2, 0) is 0 Å². The van der Waals surface area contributed by atoms with E-state index in [1.807, 2.05) is 13.8 Å². The van der Waals surface area contributed by atoms with Crippen molar-refractivity contribution >= 4 is 11.8 Å². The molecule has 0 spiro atoms. The number of hydrogen-bond acceptors (Lipinski definition) is 1. The zero-order valence-electron chi connectivity index (χ0n) is 7.90. The summed E-state index contributed by atoms with van der Waals surface area (Å²) in [5.41, 5.74) is 0. The van der Waals surface area contributed by atoms with E-state index < -0.39 is 0 Å². The molecule has 0 saturated carbocycles. The molecule has 0 nitrogen and oxygen atoms in total. The average molecular weight is 160 g/mol. The van der Waals surface area contributed by atoms with Crippen LogP contribution in [0.3, 0.4) is 0 Å². The van der Waals surface area contributed by atoms with Gasteiger partial charge in [0.05, 0.1) is 0 Å². The van der Waals surface area contributed by atoms with Gasteiger partial charge in [0.15, 0.2) is 0 Å². The highest BCUT2D eigenvalue weighted by atomic mass is 32.2. The van der Waals surface area contributed by atoms with Gasteiger partial charge in [0, 0.05) is 4.75 Å². The summed E-state index contributed by atoms with van der Waals surface area (Å²) >= 11 is 2.11. The van der Waals surface area contributed by atoms with Crippen LogP contribution in [-0.4, -0.2) is 10.5 Å². The van der Waals surface area contributed by atoms with Gasteiger partial charge in [0.25, 0.3) is 0 Å². The molecule has 0 aromatic heterocycles. The third-order valence-electron chi connectivity index (χ3n) is 1.60. The lowest BCUT2D eigenvalue weighted by Gasteiger charge is -2.14. The first-order valence-electron chi connectivity index (χ1n) is 4.24. The van der Waals surface area contributed by atoms with Gasteiger partial charge in [0.2, 0.25) is 0 Å². The minimum absolute atomic E-state index is 0.583. The standard InChI is InChI=1S/C7H14S.C2H6/c1-6-4-7(2,3)8-5-6;1-2/h6H,4-5H2,1-3H3;1-2H3. The van der Waals surface area contributed by atoms with E-state index in [4.69, 9.17) is 0 Å². The van der Waals surface area contributed by atoms with Crippen molar-refractivity contribution in [2.24, 2.45) is 5.92 Å². The topological polar surface area (TPSA) is 0 Å². The van der Waals surface area contributed by atoms with Crippen LogP contribution in [0.2, 0.25) is 0 Å². The zero-order valence-corrected chi connectivity index (χ0v) is 8.72. The van der Waals surface area contributed by atoms with Gasteiger partial charge in [-0.2, -0.15) is 11.8 Å². The number of thioether (sulfide) groups is 1. The second kappa shape index (κ2) is 4.27. The lowest BCUT2D eigenvalue weighted by molar-refractivity contribution is 0.544. The smallest absolute Gasteiger partial charge is 0.0106 e. The van der Waals surface area contributed by atoms with Gasteiger partial charge in [-0.1, -0.05) is 34.6 Å². The van der Waals surface area contributed by atoms with E-state index in [2.05, 4.69) is 32.5 Å². The summed E-state index contributed by atoms with van der Waals surface area (Å²) in [6, 6.07) is 0. The monoisotopic (exact) mass is 160 g/mol. The van der Waals surface area contributed by atoms with Crippen molar-refractivity contribution < 1.29 is 0 Å². The second-order valence-electron chi connectivity index (χ2n) is 3.38. The van der Waals surface area contributed by atoms with Crippen LogP contribution in [0.1, 0.15) is 41.0 Å². The minimum atomic E-state index is 0.583. The summed E-state index contributed by atoms with van der Waals surface area (Å²) < 4.78 is 0.583. The summed E-state index contributed by atoms with van der Waals surface area (Å²) in [5.74, 6) is 2.32. The van der Waals surface area contributed by atoms with Crippen molar-refractivity contribution in [3.05, 3.63) is 0 Å². The Hall–Kier alpha value is 0.350. The van der Waals surface area contributed by atoms with E-state index in [1.165, 1.54) is 12.2 Å². The summed E-state index contributed by atoms with van der Waals surface area (Å²) in [6.07, 6.45) is 1.40. The van der Waals surface area contributed by atoms with Crippen LogP contribution < -0.4 is 0 Å². The molecular weight excluding hydrogens is 140 g/mol. The predicted molar refractivity (Wildman–Crippen MR) is 51.7 cm³/mol. The molecule has 1 heterocycles. The first-order chi connectivity index (χ1) is 4.60. The molecule has 1 fully saturated rings. The molecule has 0 aromatic carbocycles. The molecular formula is C9H20S. The van der Waals surface area contributed by atoms with Crippen molar-refractivity contribution in [1.29, 1.82) is 0 Å². The molecule has 62 valence electrons. The van der Waals surface area contributed by atoms with Gasteiger partial charge in [-0.15, -0.1) is 0 Å². The molecule has 1 aliphatic heterocycles. The van der Waals surface area contributed by atoms with Gasteiger partial charge in [-0.3, -0.25) is 0 Å². The number of hydrogen-bond donors (Lipinski definition) is 0. The Morgan fingerprint density at radius 1 is 1.30 bits per heavy atom. The Balaban J connectivity index is 0.000000371. The normalized spacial score (nSPS) is 29.1. The highest BCUT2D eigenvalue weighted by Gasteiger charge is 2.28. The fourth-order valence-electron chi connectivity index (χ4n) is 1.32. The summed E-state index contributed by atoms with van der Waals surface area (Å²) in [5, 5.41) is 0. The Morgan fingerprint density at radius 2 is 1.80 bits per heavy atom. The van der Waals surface area contributed by atoms with Crippen LogP contribution in [0.15, 0.2) is 0 Å². The van der Waals surface area contributed by atoms with Gasteiger partial charge < -0.3 is 0 Å². The van der Waals surface area contributed by atoms with E-state index in [0.29, 0.717) is 4.75 Å². The lowest BCUT2D eigenvalue weighted by atomic mass is 10.0. The zero-order chi connectivity index (χ0) is 8.20. The van der Waals surface area contributed by atoms with Crippen molar-refractivity contribution in [3.63, 3.8) is 0 Å². The van der Waals surface area contributed by atoms with Gasteiger partial charge in [-0.25, -0.2) is 0 Å². The van der Waals surface area contributed by atoms with Crippen molar-refractivity contribution in [1.82, 2.24) is 0 Å². The summed E-state index contributed by atoms with van der Waals surface area (Å²) in [6.45, 7) is 11.0. The molecule has 0 bridgehead atoms. The SMILES string of the molecule is CC.CC1CSC(C)(C)C1. The molecule has 1 unspecified atom stereocenters. The van der Waals surface area contributed by atoms with Crippen LogP contribution >= 0.6 is 11.8 Å². The summed E-state index contributed by atoms with van der Waals surface area (Å²) in [4.78, 5) is 0. The average Bonchev–Trinajstić information content (AvgIpc) is 2.15. The predicted octanol–water partition coefficient (Wildman–Crippen LogP) is 3.56. The molecule has 1 rings (SSSR count). The molecule has 0 amide bonds. The van der Waals surface area contributed by atoms with E-state index >= 15 is 0 Å². The van der Waals surface area contributed by atoms with Crippen LogP contribution in [0.5, 0.6) is 0 Å². The van der Waals surface area contributed by atoms with Crippen molar-refractivity contribution in [2.45, 2.75) is 45.8 Å². The van der Waals surface area contributed by atoms with E-state index in [0.717, 1.165) is 5.92 Å².